The van der Waals surface area contributed by atoms with Gasteiger partial charge in [-0.1, -0.05) is 60.7 Å². The van der Waals surface area contributed by atoms with Crippen LogP contribution >= 0.6 is 0 Å². The first kappa shape index (κ1) is 20.2. The molecule has 0 saturated carbocycles. The van der Waals surface area contributed by atoms with E-state index >= 15 is 0 Å². The second kappa shape index (κ2) is 9.61. The summed E-state index contributed by atoms with van der Waals surface area (Å²) < 4.78 is 30.0. The largest absolute Gasteiger partial charge is 0.368 e. The number of fused-ring (bicyclic) bond motifs is 1. The molecule has 0 N–H and O–H groups in total. The topological polar surface area (TPSA) is 63.2 Å². The van der Waals surface area contributed by atoms with E-state index in [1.165, 1.54) is 0 Å². The molecule has 0 aliphatic carbocycles. The molecule has 0 bridgehead atoms. The molecule has 0 spiro atoms. The number of aldehydes is 1. The molecular formula is C23H26O6. The van der Waals surface area contributed by atoms with E-state index in [0.29, 0.717) is 19.6 Å². The maximum absolute atomic E-state index is 11.5. The molecule has 29 heavy (non-hydrogen) atoms. The molecule has 2 aliphatic heterocycles. The quantitative estimate of drug-likeness (QED) is 0.667. The Balaban J connectivity index is 1.53. The average molecular weight is 398 g/mol. The molecule has 2 aromatic rings. The first-order valence-electron chi connectivity index (χ1n) is 9.89. The van der Waals surface area contributed by atoms with Crippen molar-refractivity contribution >= 4 is 6.29 Å². The van der Waals surface area contributed by atoms with Crippen LogP contribution in [0.2, 0.25) is 0 Å². The van der Waals surface area contributed by atoms with Crippen LogP contribution < -0.4 is 0 Å². The summed E-state index contributed by atoms with van der Waals surface area (Å²) in [4.78, 5) is 11.5. The summed E-state index contributed by atoms with van der Waals surface area (Å²) >= 11 is 0. The maximum atomic E-state index is 11.5. The lowest BCUT2D eigenvalue weighted by Crippen LogP contribution is -2.60. The number of ether oxygens (including phenoxy) is 5. The monoisotopic (exact) mass is 398 g/mol. The Morgan fingerprint density at radius 2 is 1.76 bits per heavy atom. The number of rotatable bonds is 7. The summed E-state index contributed by atoms with van der Waals surface area (Å²) in [6.07, 6.45) is -0.955. The zero-order valence-corrected chi connectivity index (χ0v) is 16.4. The zero-order chi connectivity index (χ0) is 20.1. The highest BCUT2D eigenvalue weighted by molar-refractivity contribution is 5.50. The molecule has 2 saturated heterocycles. The van der Waals surface area contributed by atoms with Gasteiger partial charge in [-0.2, -0.15) is 0 Å². The van der Waals surface area contributed by atoms with Crippen LogP contribution in [0.1, 0.15) is 23.8 Å². The lowest BCUT2D eigenvalue weighted by molar-refractivity contribution is -0.355. The van der Waals surface area contributed by atoms with Crippen molar-refractivity contribution in [1.82, 2.24) is 0 Å². The summed E-state index contributed by atoms with van der Waals surface area (Å²) in [5.41, 5.74) is 1.98. The molecule has 0 radical (unpaired) electrons. The minimum Gasteiger partial charge on any atom is -0.368 e. The normalized spacial score (nSPS) is 31.8. The summed E-state index contributed by atoms with van der Waals surface area (Å²) in [6.45, 7) is 0.769. The molecule has 2 aromatic carbocycles. The van der Waals surface area contributed by atoms with Gasteiger partial charge in [0.2, 0.25) is 0 Å². The van der Waals surface area contributed by atoms with Crippen molar-refractivity contribution in [2.75, 3.05) is 13.7 Å². The van der Waals surface area contributed by atoms with Crippen molar-refractivity contribution < 1.29 is 28.5 Å². The summed E-state index contributed by atoms with van der Waals surface area (Å²) in [7, 11) is 1.58. The van der Waals surface area contributed by atoms with E-state index in [-0.39, 0.29) is 18.1 Å². The average Bonchev–Trinajstić information content (AvgIpc) is 2.79. The standard InChI is InChI=1S/C23H26O6/c1-25-23-21(26-14-16-8-4-2-5-9-16)18(12-13-24)20-19(28-23)15-27-22(29-20)17-10-6-3-7-11-17/h2-11,13,18-23H,12,14-15H2,1H3/t18-,19-,20+,21+,22?,23+/m1/s1. The van der Waals surface area contributed by atoms with Crippen LogP contribution in [0.25, 0.3) is 0 Å². The van der Waals surface area contributed by atoms with Crippen LogP contribution in [-0.4, -0.2) is 44.6 Å². The highest BCUT2D eigenvalue weighted by Crippen LogP contribution is 2.39. The molecule has 4 rings (SSSR count). The van der Waals surface area contributed by atoms with Crippen LogP contribution in [0.15, 0.2) is 60.7 Å². The van der Waals surface area contributed by atoms with E-state index in [2.05, 4.69) is 0 Å². The van der Waals surface area contributed by atoms with Gasteiger partial charge in [0.1, 0.15) is 18.5 Å². The number of hydrogen-bond acceptors (Lipinski definition) is 6. The molecule has 6 heteroatoms. The lowest BCUT2D eigenvalue weighted by atomic mass is 9.85. The van der Waals surface area contributed by atoms with E-state index in [1.807, 2.05) is 60.7 Å². The van der Waals surface area contributed by atoms with Crippen LogP contribution in [0, 0.1) is 5.92 Å². The second-order valence-electron chi connectivity index (χ2n) is 7.28. The van der Waals surface area contributed by atoms with Crippen molar-refractivity contribution in [3.05, 3.63) is 71.8 Å². The fraction of sp³-hybridized carbons (Fsp3) is 0.435. The molecule has 6 nitrogen and oxygen atoms in total. The predicted octanol–water partition coefficient (Wildman–Crippen LogP) is 3.26. The first-order chi connectivity index (χ1) is 14.3. The van der Waals surface area contributed by atoms with Gasteiger partial charge in [0.05, 0.1) is 19.3 Å². The zero-order valence-electron chi connectivity index (χ0n) is 16.4. The second-order valence-corrected chi connectivity index (χ2v) is 7.28. The van der Waals surface area contributed by atoms with Gasteiger partial charge in [-0.3, -0.25) is 0 Å². The molecular weight excluding hydrogens is 372 g/mol. The number of hydrogen-bond donors (Lipinski definition) is 0. The van der Waals surface area contributed by atoms with Gasteiger partial charge in [-0.05, 0) is 5.56 Å². The van der Waals surface area contributed by atoms with Crippen molar-refractivity contribution in [2.24, 2.45) is 5.92 Å². The summed E-state index contributed by atoms with van der Waals surface area (Å²) in [5, 5.41) is 0. The smallest absolute Gasteiger partial charge is 0.184 e. The van der Waals surface area contributed by atoms with Crippen LogP contribution in [0.4, 0.5) is 0 Å². The Morgan fingerprint density at radius 3 is 2.45 bits per heavy atom. The highest BCUT2D eigenvalue weighted by atomic mass is 16.7. The third-order valence-electron chi connectivity index (χ3n) is 5.44. The molecule has 0 amide bonds. The molecule has 1 unspecified atom stereocenters. The molecule has 0 aromatic heterocycles. The van der Waals surface area contributed by atoms with Crippen LogP contribution in [0.3, 0.4) is 0 Å². The fourth-order valence-electron chi connectivity index (χ4n) is 4.00. The molecule has 2 aliphatic rings. The van der Waals surface area contributed by atoms with Crippen molar-refractivity contribution in [1.29, 1.82) is 0 Å². The SMILES string of the molecule is CO[C@H]1O[C@@H]2COC(c3ccccc3)O[C@H]2[C@@H](CC=O)[C@@H]1OCc1ccccc1. The first-order valence-corrected chi connectivity index (χ1v) is 9.89. The van der Waals surface area contributed by atoms with Gasteiger partial charge in [0.15, 0.2) is 12.6 Å². The van der Waals surface area contributed by atoms with Gasteiger partial charge in [0, 0.05) is 25.0 Å². The third kappa shape index (κ3) is 4.57. The van der Waals surface area contributed by atoms with E-state index in [0.717, 1.165) is 17.4 Å². The number of benzene rings is 2. The Hall–Kier alpha value is -2.09. The van der Waals surface area contributed by atoms with Crippen LogP contribution in [-0.2, 0) is 35.1 Å². The van der Waals surface area contributed by atoms with Gasteiger partial charge in [-0.25, -0.2) is 0 Å². The number of carbonyl (C=O) groups is 1. The minimum atomic E-state index is -0.592. The van der Waals surface area contributed by atoms with E-state index in [4.69, 9.17) is 23.7 Å². The van der Waals surface area contributed by atoms with Gasteiger partial charge in [0.25, 0.3) is 0 Å². The predicted molar refractivity (Wildman–Crippen MR) is 105 cm³/mol. The van der Waals surface area contributed by atoms with Crippen LogP contribution in [0.5, 0.6) is 0 Å². The Kier molecular flexibility index (Phi) is 6.69. The minimum absolute atomic E-state index is 0.199. The molecule has 154 valence electrons. The number of methoxy groups -OCH3 is 1. The van der Waals surface area contributed by atoms with Crippen molar-refractivity contribution in [3.63, 3.8) is 0 Å². The maximum Gasteiger partial charge on any atom is 0.184 e. The van der Waals surface area contributed by atoms with Crippen molar-refractivity contribution in [2.45, 2.75) is 43.9 Å². The van der Waals surface area contributed by atoms with E-state index in [1.54, 1.807) is 7.11 Å². The summed E-state index contributed by atoms with van der Waals surface area (Å²) in [5.74, 6) is -0.199. The van der Waals surface area contributed by atoms with Crippen molar-refractivity contribution in [3.8, 4) is 0 Å². The molecule has 2 heterocycles. The van der Waals surface area contributed by atoms with E-state index < -0.39 is 18.7 Å². The Bertz CT molecular complexity index is 761. The van der Waals surface area contributed by atoms with Gasteiger partial charge in [-0.15, -0.1) is 0 Å². The number of carbonyl (C=O) groups excluding carboxylic acids is 1. The van der Waals surface area contributed by atoms with Gasteiger partial charge >= 0.3 is 0 Å². The fourth-order valence-corrected chi connectivity index (χ4v) is 4.00. The Morgan fingerprint density at radius 1 is 1.03 bits per heavy atom. The highest BCUT2D eigenvalue weighted by Gasteiger charge is 2.50. The summed E-state index contributed by atoms with van der Waals surface area (Å²) in [6, 6.07) is 19.7. The van der Waals surface area contributed by atoms with E-state index in [9.17, 15) is 4.79 Å². The third-order valence-corrected chi connectivity index (χ3v) is 5.44. The molecule has 6 atom stereocenters. The molecule has 2 fully saturated rings. The lowest BCUT2D eigenvalue weighted by Gasteiger charge is -2.48. The Labute approximate surface area is 170 Å². The van der Waals surface area contributed by atoms with Gasteiger partial charge < -0.3 is 28.5 Å².